The van der Waals surface area contributed by atoms with E-state index in [-0.39, 0.29) is 11.4 Å². The third kappa shape index (κ3) is 3.43. The van der Waals surface area contributed by atoms with Crippen LogP contribution in [-0.2, 0) is 4.74 Å². The Morgan fingerprint density at radius 2 is 1.73 bits per heavy atom. The van der Waals surface area contributed by atoms with E-state index in [1.54, 1.807) is 4.57 Å². The second-order valence-electron chi connectivity index (χ2n) is 6.87. The van der Waals surface area contributed by atoms with Gasteiger partial charge in [0.15, 0.2) is 5.65 Å². The van der Waals surface area contributed by atoms with Gasteiger partial charge < -0.3 is 15.2 Å². The average Bonchev–Trinajstić information content (AvgIpc) is 3.03. The number of aromatic nitrogens is 3. The highest BCUT2D eigenvalue weighted by Gasteiger charge is 2.27. The van der Waals surface area contributed by atoms with Gasteiger partial charge in [0.1, 0.15) is 22.6 Å². The highest BCUT2D eigenvalue weighted by molar-refractivity contribution is 6.09. The first-order chi connectivity index (χ1) is 14.7. The van der Waals surface area contributed by atoms with E-state index >= 15 is 0 Å². The molecule has 0 spiro atoms. The maximum absolute atomic E-state index is 12.9. The van der Waals surface area contributed by atoms with Crippen LogP contribution in [0.2, 0.25) is 0 Å². The summed E-state index contributed by atoms with van der Waals surface area (Å²) < 4.78 is 13.0. The van der Waals surface area contributed by atoms with Gasteiger partial charge >= 0.3 is 5.97 Å². The summed E-state index contributed by atoms with van der Waals surface area (Å²) in [6, 6.07) is 15.0. The molecule has 2 aromatic heterocycles. The number of para-hydroxylation sites is 4. The monoisotopic (exact) mass is 404 g/mol. The lowest BCUT2D eigenvalue weighted by molar-refractivity contribution is 0.0503. The van der Waals surface area contributed by atoms with Crippen molar-refractivity contribution in [3.63, 3.8) is 0 Å². The quantitative estimate of drug-likeness (QED) is 0.360. The van der Waals surface area contributed by atoms with E-state index in [4.69, 9.17) is 25.2 Å². The van der Waals surface area contributed by atoms with E-state index in [1.807, 2.05) is 62.4 Å². The molecule has 0 aliphatic carbocycles. The van der Waals surface area contributed by atoms with Crippen molar-refractivity contribution in [2.45, 2.75) is 26.7 Å². The van der Waals surface area contributed by atoms with Gasteiger partial charge in [-0.25, -0.2) is 14.8 Å². The van der Waals surface area contributed by atoms with Crippen LogP contribution in [0, 0.1) is 0 Å². The Kier molecular flexibility index (Phi) is 5.52. The largest absolute Gasteiger partial charge is 0.492 e. The predicted octanol–water partition coefficient (Wildman–Crippen LogP) is 4.51. The highest BCUT2D eigenvalue weighted by atomic mass is 16.5. The molecule has 154 valence electrons. The Bertz CT molecular complexity index is 1220. The Morgan fingerprint density at radius 1 is 1.03 bits per heavy atom. The number of esters is 1. The molecule has 0 atom stereocenters. The molecule has 2 aromatic carbocycles. The van der Waals surface area contributed by atoms with Crippen LogP contribution in [0.4, 0.5) is 5.82 Å². The zero-order valence-corrected chi connectivity index (χ0v) is 17.1. The summed E-state index contributed by atoms with van der Waals surface area (Å²) >= 11 is 0. The van der Waals surface area contributed by atoms with Crippen molar-refractivity contribution in [3.05, 3.63) is 54.1 Å². The van der Waals surface area contributed by atoms with Crippen molar-refractivity contribution in [1.82, 2.24) is 14.5 Å². The van der Waals surface area contributed by atoms with Crippen LogP contribution in [0.5, 0.6) is 5.75 Å². The average molecular weight is 404 g/mol. The minimum absolute atomic E-state index is 0.227. The second-order valence-corrected chi connectivity index (χ2v) is 6.87. The maximum atomic E-state index is 12.9. The number of nitrogen functional groups attached to an aromatic ring is 1. The number of anilines is 1. The first kappa shape index (κ1) is 19.7. The Labute approximate surface area is 174 Å². The van der Waals surface area contributed by atoms with E-state index in [0.29, 0.717) is 46.8 Å². The fraction of sp³-hybridized carbons (Fsp3) is 0.261. The fourth-order valence-corrected chi connectivity index (χ4v) is 3.41. The third-order valence-electron chi connectivity index (χ3n) is 4.84. The molecule has 2 heterocycles. The van der Waals surface area contributed by atoms with Gasteiger partial charge in [0.05, 0.1) is 29.9 Å². The van der Waals surface area contributed by atoms with Crippen LogP contribution in [0.1, 0.15) is 37.0 Å². The third-order valence-corrected chi connectivity index (χ3v) is 4.84. The topological polar surface area (TPSA) is 92.3 Å². The maximum Gasteiger partial charge on any atom is 0.344 e. The van der Waals surface area contributed by atoms with Gasteiger partial charge in [-0.2, -0.15) is 0 Å². The van der Waals surface area contributed by atoms with Gasteiger partial charge in [-0.05, 0) is 37.6 Å². The van der Waals surface area contributed by atoms with Crippen molar-refractivity contribution < 1.29 is 14.3 Å². The van der Waals surface area contributed by atoms with Gasteiger partial charge in [-0.15, -0.1) is 0 Å². The van der Waals surface area contributed by atoms with Gasteiger partial charge in [-0.3, -0.25) is 4.57 Å². The molecule has 0 fully saturated rings. The number of nitrogens with two attached hydrogens (primary N) is 1. The Balaban J connectivity index is 1.99. The molecule has 0 aliphatic heterocycles. The standard InChI is InChI=1S/C23H24N4O3/c1-3-5-14-30-23(28)19-20-22(26-16-11-7-6-10-15(16)25-20)27(21(19)24)17-12-8-9-13-18(17)29-4-2/h6-13H,3-5,14,24H2,1-2H3. The van der Waals surface area contributed by atoms with Gasteiger partial charge in [0.25, 0.3) is 0 Å². The number of fused-ring (bicyclic) bond motifs is 2. The summed E-state index contributed by atoms with van der Waals surface area (Å²) in [5.41, 5.74) is 9.73. The zero-order chi connectivity index (χ0) is 21.1. The number of hydrogen-bond donors (Lipinski definition) is 1. The van der Waals surface area contributed by atoms with E-state index in [2.05, 4.69) is 0 Å². The molecule has 7 nitrogen and oxygen atoms in total. The van der Waals surface area contributed by atoms with Crippen molar-refractivity contribution >= 4 is 34.0 Å². The molecule has 0 aliphatic rings. The zero-order valence-electron chi connectivity index (χ0n) is 17.1. The molecular formula is C23H24N4O3. The SMILES string of the molecule is CCCCOC(=O)c1c(N)n(-c2ccccc2OCC)c2nc3ccccc3nc12. The molecule has 0 amide bonds. The molecule has 0 unspecified atom stereocenters. The lowest BCUT2D eigenvalue weighted by atomic mass is 10.2. The van der Waals surface area contributed by atoms with E-state index in [1.165, 1.54) is 0 Å². The van der Waals surface area contributed by atoms with Gasteiger partial charge in [0, 0.05) is 0 Å². The minimum atomic E-state index is -0.497. The molecular weight excluding hydrogens is 380 g/mol. The van der Waals surface area contributed by atoms with Crippen LogP contribution in [0.25, 0.3) is 27.9 Å². The molecule has 7 heteroatoms. The number of nitrogens with zero attached hydrogens (tertiary/aromatic N) is 3. The van der Waals surface area contributed by atoms with E-state index < -0.39 is 5.97 Å². The van der Waals surface area contributed by atoms with Crippen LogP contribution in [-0.4, -0.2) is 33.7 Å². The molecule has 0 saturated carbocycles. The predicted molar refractivity (Wildman–Crippen MR) is 117 cm³/mol. The molecule has 4 aromatic rings. The highest BCUT2D eigenvalue weighted by Crippen LogP contribution is 2.34. The number of ether oxygens (including phenoxy) is 2. The smallest absolute Gasteiger partial charge is 0.344 e. The van der Waals surface area contributed by atoms with Crippen LogP contribution in [0.3, 0.4) is 0 Å². The Morgan fingerprint density at radius 3 is 2.47 bits per heavy atom. The molecule has 0 radical (unpaired) electrons. The van der Waals surface area contributed by atoms with Crippen LogP contribution < -0.4 is 10.5 Å². The summed E-state index contributed by atoms with van der Waals surface area (Å²) in [6.07, 6.45) is 1.71. The van der Waals surface area contributed by atoms with Crippen molar-refractivity contribution in [3.8, 4) is 11.4 Å². The molecule has 2 N–H and O–H groups in total. The lowest BCUT2D eigenvalue weighted by Crippen LogP contribution is -2.10. The number of rotatable bonds is 7. The normalized spacial score (nSPS) is 11.1. The summed E-state index contributed by atoms with van der Waals surface area (Å²) in [4.78, 5) is 22.4. The number of hydrogen-bond acceptors (Lipinski definition) is 6. The minimum Gasteiger partial charge on any atom is -0.492 e. The number of carbonyl (C=O) groups is 1. The van der Waals surface area contributed by atoms with Crippen molar-refractivity contribution in [2.75, 3.05) is 18.9 Å². The van der Waals surface area contributed by atoms with Gasteiger partial charge in [0.2, 0.25) is 0 Å². The number of benzene rings is 2. The van der Waals surface area contributed by atoms with Gasteiger partial charge in [-0.1, -0.05) is 37.6 Å². The summed E-state index contributed by atoms with van der Waals surface area (Å²) in [5.74, 6) is 0.376. The fourth-order valence-electron chi connectivity index (χ4n) is 3.41. The first-order valence-electron chi connectivity index (χ1n) is 10.1. The summed E-state index contributed by atoms with van der Waals surface area (Å²) in [5, 5.41) is 0. The second kappa shape index (κ2) is 8.41. The summed E-state index contributed by atoms with van der Waals surface area (Å²) in [7, 11) is 0. The van der Waals surface area contributed by atoms with E-state index in [9.17, 15) is 4.79 Å². The summed E-state index contributed by atoms with van der Waals surface area (Å²) in [6.45, 7) is 4.78. The van der Waals surface area contributed by atoms with Crippen LogP contribution >= 0.6 is 0 Å². The Hall–Kier alpha value is -3.61. The van der Waals surface area contributed by atoms with Crippen molar-refractivity contribution in [2.24, 2.45) is 0 Å². The molecule has 4 rings (SSSR count). The van der Waals surface area contributed by atoms with Crippen molar-refractivity contribution in [1.29, 1.82) is 0 Å². The van der Waals surface area contributed by atoms with Crippen LogP contribution in [0.15, 0.2) is 48.5 Å². The van der Waals surface area contributed by atoms with E-state index in [0.717, 1.165) is 12.8 Å². The lowest BCUT2D eigenvalue weighted by Gasteiger charge is -2.13. The number of carbonyl (C=O) groups excluding carboxylic acids is 1. The molecule has 0 bridgehead atoms. The molecule has 0 saturated heterocycles. The number of unbranched alkanes of at least 4 members (excludes halogenated alkanes) is 1. The first-order valence-corrected chi connectivity index (χ1v) is 10.1. The molecule has 30 heavy (non-hydrogen) atoms.